The molecule has 0 aliphatic carbocycles. The number of carbonyl (C=O) groups excluding carboxylic acids is 3. The zero-order valence-electron chi connectivity index (χ0n) is 17.4. The van der Waals surface area contributed by atoms with Gasteiger partial charge in [-0.1, -0.05) is 35.0 Å². The number of rotatable bonds is 6. The first-order valence-electron chi connectivity index (χ1n) is 10.1. The zero-order valence-corrected chi connectivity index (χ0v) is 19.0. The minimum absolute atomic E-state index is 0.0203. The number of hydrogen-bond donors (Lipinski definition) is 1. The van der Waals surface area contributed by atoms with Crippen LogP contribution in [0, 0.1) is 0 Å². The molecule has 1 amide bonds. The third kappa shape index (κ3) is 3.93. The van der Waals surface area contributed by atoms with E-state index in [1.807, 2.05) is 13.0 Å². The summed E-state index contributed by atoms with van der Waals surface area (Å²) in [5.41, 5.74) is 0.984. The molecule has 1 aliphatic rings. The molecule has 164 valence electrons. The third-order valence-electron chi connectivity index (χ3n) is 5.15. The van der Waals surface area contributed by atoms with Crippen molar-refractivity contribution in [3.63, 3.8) is 0 Å². The molecule has 8 heteroatoms. The fourth-order valence-electron chi connectivity index (χ4n) is 3.88. The van der Waals surface area contributed by atoms with Crippen molar-refractivity contribution in [1.29, 1.82) is 0 Å². The van der Waals surface area contributed by atoms with Gasteiger partial charge in [0.05, 0.1) is 11.6 Å². The number of fused-ring (bicyclic) bond motifs is 1. The van der Waals surface area contributed by atoms with Crippen molar-refractivity contribution in [1.82, 2.24) is 4.90 Å². The normalized spacial score (nSPS) is 16.2. The number of aliphatic hydroxyl groups excluding tert-OH is 1. The first-order valence-corrected chi connectivity index (χ1v) is 10.9. The van der Waals surface area contributed by atoms with Gasteiger partial charge in [-0.3, -0.25) is 14.4 Å². The molecule has 3 aromatic rings. The van der Waals surface area contributed by atoms with E-state index >= 15 is 0 Å². The van der Waals surface area contributed by atoms with Crippen LogP contribution in [0.5, 0.6) is 5.75 Å². The molecule has 0 bridgehead atoms. The molecule has 1 aromatic heterocycles. The van der Waals surface area contributed by atoms with Gasteiger partial charge < -0.3 is 19.2 Å². The molecule has 7 nitrogen and oxygen atoms in total. The molecule has 1 unspecified atom stereocenters. The van der Waals surface area contributed by atoms with Gasteiger partial charge in [0.15, 0.2) is 11.5 Å². The van der Waals surface area contributed by atoms with Crippen LogP contribution in [0.3, 0.4) is 0 Å². The largest absolute Gasteiger partial charge is 0.503 e. The summed E-state index contributed by atoms with van der Waals surface area (Å²) in [5, 5.41) is 11.4. The lowest BCUT2D eigenvalue weighted by atomic mass is 9.94. The zero-order chi connectivity index (χ0) is 23.0. The number of furan rings is 1. The molecular formula is C24H20BrNO6. The summed E-state index contributed by atoms with van der Waals surface area (Å²) in [6, 6.07) is 12.7. The molecule has 0 radical (unpaired) electrons. The van der Waals surface area contributed by atoms with Gasteiger partial charge in [-0.25, -0.2) is 0 Å². The predicted molar refractivity (Wildman–Crippen MR) is 120 cm³/mol. The maximum Gasteiger partial charge on any atom is 0.308 e. The van der Waals surface area contributed by atoms with E-state index in [2.05, 4.69) is 15.9 Å². The van der Waals surface area contributed by atoms with Gasteiger partial charge in [0.1, 0.15) is 11.3 Å². The van der Waals surface area contributed by atoms with E-state index < -0.39 is 29.5 Å². The Hall–Kier alpha value is -3.39. The fraction of sp³-hybridized carbons (Fsp3) is 0.208. The third-order valence-corrected chi connectivity index (χ3v) is 5.64. The molecule has 0 saturated heterocycles. The monoisotopic (exact) mass is 497 g/mol. The molecule has 32 heavy (non-hydrogen) atoms. The van der Waals surface area contributed by atoms with Gasteiger partial charge in [-0.05, 0) is 48.4 Å². The summed E-state index contributed by atoms with van der Waals surface area (Å²) in [4.78, 5) is 39.1. The number of ether oxygens (including phenoxy) is 1. The van der Waals surface area contributed by atoms with E-state index in [4.69, 9.17) is 9.15 Å². The standard InChI is InChI=1S/C24H20BrNO6/c1-3-9-26-21(14-5-4-6-17(11-14)31-13(2)27)20(23(29)24(26)30)22(28)19-12-15-10-16(25)7-8-18(15)32-19/h4-8,10-12,21,29H,3,9H2,1-2H3. The van der Waals surface area contributed by atoms with Crippen molar-refractivity contribution in [2.75, 3.05) is 6.54 Å². The van der Waals surface area contributed by atoms with Crippen LogP contribution in [-0.2, 0) is 9.59 Å². The van der Waals surface area contributed by atoms with Gasteiger partial charge in [-0.15, -0.1) is 0 Å². The maximum atomic E-state index is 13.5. The average molecular weight is 498 g/mol. The minimum atomic E-state index is -0.842. The van der Waals surface area contributed by atoms with E-state index in [0.717, 1.165) is 4.47 Å². The molecule has 2 aromatic carbocycles. The molecule has 0 saturated carbocycles. The van der Waals surface area contributed by atoms with Gasteiger partial charge in [-0.2, -0.15) is 0 Å². The van der Waals surface area contributed by atoms with Crippen molar-refractivity contribution in [3.8, 4) is 5.75 Å². The summed E-state index contributed by atoms with van der Waals surface area (Å²) in [6.07, 6.45) is 0.624. The average Bonchev–Trinajstić information content (AvgIpc) is 3.27. The molecule has 1 aliphatic heterocycles. The lowest BCUT2D eigenvalue weighted by Crippen LogP contribution is -2.31. The molecule has 0 spiro atoms. The smallest absolute Gasteiger partial charge is 0.308 e. The van der Waals surface area contributed by atoms with Gasteiger partial charge in [0.2, 0.25) is 5.78 Å². The topological polar surface area (TPSA) is 97.1 Å². The van der Waals surface area contributed by atoms with Crippen LogP contribution in [0.1, 0.15) is 42.4 Å². The Morgan fingerprint density at radius 2 is 1.97 bits per heavy atom. The highest BCUT2D eigenvalue weighted by Gasteiger charge is 2.44. The summed E-state index contributed by atoms with van der Waals surface area (Å²) in [7, 11) is 0. The highest BCUT2D eigenvalue weighted by molar-refractivity contribution is 9.10. The number of esters is 1. The maximum absolute atomic E-state index is 13.5. The van der Waals surface area contributed by atoms with E-state index in [1.54, 1.807) is 42.5 Å². The van der Waals surface area contributed by atoms with Crippen LogP contribution >= 0.6 is 15.9 Å². The van der Waals surface area contributed by atoms with Crippen LogP contribution < -0.4 is 4.74 Å². The van der Waals surface area contributed by atoms with Crippen molar-refractivity contribution in [3.05, 3.63) is 75.7 Å². The number of hydrogen-bond acceptors (Lipinski definition) is 6. The SMILES string of the molecule is CCCN1C(=O)C(O)=C(C(=O)c2cc3cc(Br)ccc3o2)C1c1cccc(OC(C)=O)c1. The Morgan fingerprint density at radius 3 is 2.69 bits per heavy atom. The molecule has 1 N–H and O–H groups in total. The van der Waals surface area contributed by atoms with Crippen LogP contribution in [-0.4, -0.2) is 34.2 Å². The second-order valence-corrected chi connectivity index (χ2v) is 8.37. The highest BCUT2D eigenvalue weighted by atomic mass is 79.9. The number of benzene rings is 2. The molecule has 4 rings (SSSR count). The Bertz CT molecular complexity index is 1270. The first-order chi connectivity index (χ1) is 15.3. The second-order valence-electron chi connectivity index (χ2n) is 7.45. The quantitative estimate of drug-likeness (QED) is 0.288. The Balaban J connectivity index is 1.81. The number of carbonyl (C=O) groups is 3. The molecular weight excluding hydrogens is 478 g/mol. The Kier molecular flexibility index (Phi) is 5.88. The van der Waals surface area contributed by atoms with Crippen LogP contribution in [0.2, 0.25) is 0 Å². The van der Waals surface area contributed by atoms with Crippen LogP contribution in [0.25, 0.3) is 11.0 Å². The molecule has 1 atom stereocenters. The van der Waals surface area contributed by atoms with E-state index in [1.165, 1.54) is 11.8 Å². The summed E-state index contributed by atoms with van der Waals surface area (Å²) in [5.74, 6) is -2.00. The van der Waals surface area contributed by atoms with Crippen molar-refractivity contribution in [2.45, 2.75) is 26.3 Å². The lowest BCUT2D eigenvalue weighted by molar-refractivity contribution is -0.132. The number of amides is 1. The minimum Gasteiger partial charge on any atom is -0.503 e. The van der Waals surface area contributed by atoms with Gasteiger partial charge in [0, 0.05) is 23.3 Å². The number of nitrogens with zero attached hydrogens (tertiary/aromatic N) is 1. The summed E-state index contributed by atoms with van der Waals surface area (Å²) < 4.78 is 11.7. The highest BCUT2D eigenvalue weighted by Crippen LogP contribution is 2.40. The number of ketones is 1. The van der Waals surface area contributed by atoms with Crippen molar-refractivity contribution < 1.29 is 28.6 Å². The van der Waals surface area contributed by atoms with Crippen LogP contribution in [0.15, 0.2) is 68.8 Å². The first kappa shape index (κ1) is 21.8. The van der Waals surface area contributed by atoms with Crippen molar-refractivity contribution >= 4 is 44.6 Å². The summed E-state index contributed by atoms with van der Waals surface area (Å²) in [6.45, 7) is 3.51. The van der Waals surface area contributed by atoms with E-state index in [-0.39, 0.29) is 17.1 Å². The number of Topliss-reactive ketones (excluding diaryl/α,β-unsaturated/α-hetero) is 1. The Labute approximate surface area is 192 Å². The fourth-order valence-corrected chi connectivity index (χ4v) is 4.26. The van der Waals surface area contributed by atoms with E-state index in [0.29, 0.717) is 29.5 Å². The molecule has 0 fully saturated rings. The molecule has 2 heterocycles. The predicted octanol–water partition coefficient (Wildman–Crippen LogP) is 5.11. The Morgan fingerprint density at radius 1 is 1.19 bits per heavy atom. The van der Waals surface area contributed by atoms with Crippen LogP contribution in [0.4, 0.5) is 0 Å². The number of halogens is 1. The van der Waals surface area contributed by atoms with E-state index in [9.17, 15) is 19.5 Å². The van der Waals surface area contributed by atoms with Crippen molar-refractivity contribution in [2.24, 2.45) is 0 Å². The second kappa shape index (κ2) is 8.63. The lowest BCUT2D eigenvalue weighted by Gasteiger charge is -2.26. The van der Waals surface area contributed by atoms with Gasteiger partial charge in [0.25, 0.3) is 5.91 Å². The van der Waals surface area contributed by atoms with Gasteiger partial charge >= 0.3 is 5.97 Å². The number of aliphatic hydroxyl groups is 1. The summed E-state index contributed by atoms with van der Waals surface area (Å²) >= 11 is 3.39.